The second kappa shape index (κ2) is 5.96. The fourth-order valence-corrected chi connectivity index (χ4v) is 2.02. The zero-order chi connectivity index (χ0) is 13.7. The number of benzene rings is 1. The lowest BCUT2D eigenvalue weighted by atomic mass is 10.2. The normalized spacial score (nSPS) is 14.9. The number of rotatable bonds is 3. The van der Waals surface area contributed by atoms with E-state index in [2.05, 4.69) is 4.90 Å². The molecule has 0 aromatic heterocycles. The number of nitrogens with zero attached hydrogens (tertiary/aromatic N) is 3. The van der Waals surface area contributed by atoms with Crippen LogP contribution < -0.4 is 9.64 Å². The quantitative estimate of drug-likeness (QED) is 0.889. The summed E-state index contributed by atoms with van der Waals surface area (Å²) in [7, 11) is 0. The monoisotopic (exact) mass is 261 g/mol. The summed E-state index contributed by atoms with van der Waals surface area (Å²) in [6.07, 6.45) is -0.861. The summed E-state index contributed by atoms with van der Waals surface area (Å²) in [4.78, 5) is 14.4. The van der Waals surface area contributed by atoms with Crippen LogP contribution in [0.4, 0.5) is 10.5 Å². The Morgan fingerprint density at radius 2 is 1.89 bits per heavy atom. The molecule has 6 heteroatoms. The van der Waals surface area contributed by atoms with Gasteiger partial charge in [-0.2, -0.15) is 5.26 Å². The van der Waals surface area contributed by atoms with Crippen LogP contribution >= 0.6 is 0 Å². The van der Waals surface area contributed by atoms with E-state index < -0.39 is 6.09 Å². The number of piperazine rings is 1. The number of hydrogen-bond donors (Lipinski definition) is 1. The van der Waals surface area contributed by atoms with Crippen LogP contribution in [0.2, 0.25) is 0 Å². The average molecular weight is 261 g/mol. The highest BCUT2D eigenvalue weighted by atomic mass is 16.5. The highest BCUT2D eigenvalue weighted by Gasteiger charge is 2.20. The lowest BCUT2D eigenvalue weighted by molar-refractivity contribution is 0.142. The van der Waals surface area contributed by atoms with E-state index in [1.165, 1.54) is 4.90 Å². The lowest BCUT2D eigenvalue weighted by Crippen LogP contribution is -2.48. The van der Waals surface area contributed by atoms with Crippen LogP contribution in [0.25, 0.3) is 0 Å². The van der Waals surface area contributed by atoms with E-state index in [1.54, 1.807) is 0 Å². The van der Waals surface area contributed by atoms with Gasteiger partial charge >= 0.3 is 6.09 Å². The van der Waals surface area contributed by atoms with Crippen molar-refractivity contribution in [3.8, 4) is 11.8 Å². The van der Waals surface area contributed by atoms with Crippen molar-refractivity contribution < 1.29 is 14.6 Å². The van der Waals surface area contributed by atoms with Gasteiger partial charge in [-0.1, -0.05) is 0 Å². The van der Waals surface area contributed by atoms with Crippen molar-refractivity contribution in [2.75, 3.05) is 37.7 Å². The van der Waals surface area contributed by atoms with Crippen LogP contribution in [0.5, 0.6) is 5.75 Å². The van der Waals surface area contributed by atoms with Crippen LogP contribution in [0.15, 0.2) is 24.3 Å². The summed E-state index contributed by atoms with van der Waals surface area (Å²) < 4.78 is 5.18. The van der Waals surface area contributed by atoms with Crippen LogP contribution in [-0.4, -0.2) is 48.9 Å². The molecule has 0 radical (unpaired) electrons. The summed E-state index contributed by atoms with van der Waals surface area (Å²) in [6.45, 7) is 2.44. The molecule has 6 nitrogen and oxygen atoms in total. The predicted octanol–water partition coefficient (Wildman–Crippen LogP) is 1.39. The van der Waals surface area contributed by atoms with E-state index in [0.717, 1.165) is 5.69 Å². The first-order valence-corrected chi connectivity index (χ1v) is 6.03. The first-order valence-electron chi connectivity index (χ1n) is 6.03. The van der Waals surface area contributed by atoms with Crippen LogP contribution in [-0.2, 0) is 0 Å². The molecule has 1 aromatic rings. The minimum absolute atomic E-state index is 0.0383. The predicted molar refractivity (Wildman–Crippen MR) is 69.4 cm³/mol. The number of anilines is 1. The van der Waals surface area contributed by atoms with Crippen LogP contribution in [0, 0.1) is 11.3 Å². The molecule has 1 heterocycles. The van der Waals surface area contributed by atoms with E-state index in [4.69, 9.17) is 15.1 Å². The Hall–Kier alpha value is -2.42. The third-order valence-corrected chi connectivity index (χ3v) is 3.06. The molecule has 1 aliphatic rings. The average Bonchev–Trinajstić information content (AvgIpc) is 2.46. The first kappa shape index (κ1) is 13.0. The second-order valence-corrected chi connectivity index (χ2v) is 4.20. The maximum atomic E-state index is 10.8. The minimum Gasteiger partial charge on any atom is -0.479 e. The molecule has 0 atom stereocenters. The van der Waals surface area contributed by atoms with Gasteiger partial charge < -0.3 is 19.6 Å². The summed E-state index contributed by atoms with van der Waals surface area (Å²) >= 11 is 0. The second-order valence-electron chi connectivity index (χ2n) is 4.20. The highest BCUT2D eigenvalue weighted by Crippen LogP contribution is 2.20. The Morgan fingerprint density at radius 1 is 1.26 bits per heavy atom. The van der Waals surface area contributed by atoms with E-state index in [0.29, 0.717) is 31.9 Å². The number of ether oxygens (including phenoxy) is 1. The molecule has 0 aliphatic carbocycles. The lowest BCUT2D eigenvalue weighted by Gasteiger charge is -2.34. The molecule has 100 valence electrons. The third kappa shape index (κ3) is 3.28. The van der Waals surface area contributed by atoms with E-state index in [1.807, 2.05) is 30.3 Å². The van der Waals surface area contributed by atoms with Gasteiger partial charge in [0.2, 0.25) is 0 Å². The molecule has 1 fully saturated rings. The van der Waals surface area contributed by atoms with Gasteiger partial charge in [-0.05, 0) is 24.3 Å². The zero-order valence-corrected chi connectivity index (χ0v) is 10.5. The number of hydrogen-bond acceptors (Lipinski definition) is 4. The van der Waals surface area contributed by atoms with Crippen molar-refractivity contribution in [1.29, 1.82) is 5.26 Å². The summed E-state index contributed by atoms with van der Waals surface area (Å²) in [5.41, 5.74) is 1.04. The number of amides is 1. The molecular formula is C13H15N3O3. The minimum atomic E-state index is -0.861. The molecule has 2 rings (SSSR count). The van der Waals surface area contributed by atoms with Gasteiger partial charge in [0.1, 0.15) is 11.8 Å². The number of nitriles is 1. The van der Waals surface area contributed by atoms with Gasteiger partial charge in [0, 0.05) is 31.9 Å². The molecule has 0 unspecified atom stereocenters. The maximum Gasteiger partial charge on any atom is 0.407 e. The van der Waals surface area contributed by atoms with Gasteiger partial charge in [0.05, 0.1) is 0 Å². The maximum absolute atomic E-state index is 10.8. The van der Waals surface area contributed by atoms with Crippen molar-refractivity contribution in [2.24, 2.45) is 0 Å². The van der Waals surface area contributed by atoms with Gasteiger partial charge in [-0.25, -0.2) is 4.79 Å². The summed E-state index contributed by atoms with van der Waals surface area (Å²) in [6, 6.07) is 9.39. The smallest absolute Gasteiger partial charge is 0.407 e. The number of carbonyl (C=O) groups is 1. The fourth-order valence-electron chi connectivity index (χ4n) is 2.02. The Balaban J connectivity index is 1.93. The van der Waals surface area contributed by atoms with Gasteiger partial charge in [-0.15, -0.1) is 0 Å². The highest BCUT2D eigenvalue weighted by molar-refractivity contribution is 5.65. The Labute approximate surface area is 111 Å². The fraction of sp³-hybridized carbons (Fsp3) is 0.385. The van der Waals surface area contributed by atoms with Crippen molar-refractivity contribution in [1.82, 2.24) is 4.90 Å². The van der Waals surface area contributed by atoms with E-state index in [9.17, 15) is 4.79 Å². The zero-order valence-electron chi connectivity index (χ0n) is 10.5. The van der Waals surface area contributed by atoms with Crippen molar-refractivity contribution in [2.45, 2.75) is 0 Å². The standard InChI is InChI=1S/C13H15N3O3/c14-5-10-19-12-3-1-11(2-4-12)15-6-8-16(9-7-15)13(17)18/h1-4H,6-10H2,(H,17,18). The summed E-state index contributed by atoms with van der Waals surface area (Å²) in [5.74, 6) is 0.662. The molecule has 1 aromatic carbocycles. The molecule has 19 heavy (non-hydrogen) atoms. The van der Waals surface area contributed by atoms with Crippen LogP contribution in [0.1, 0.15) is 0 Å². The summed E-state index contributed by atoms with van der Waals surface area (Å²) in [5, 5.41) is 17.3. The largest absolute Gasteiger partial charge is 0.479 e. The van der Waals surface area contributed by atoms with E-state index >= 15 is 0 Å². The first-order chi connectivity index (χ1) is 9.20. The van der Waals surface area contributed by atoms with Crippen molar-refractivity contribution >= 4 is 11.8 Å². The molecule has 1 amide bonds. The molecule has 1 aliphatic heterocycles. The topological polar surface area (TPSA) is 76.8 Å². The molecule has 0 saturated carbocycles. The Kier molecular flexibility index (Phi) is 4.08. The van der Waals surface area contributed by atoms with Gasteiger partial charge in [0.25, 0.3) is 0 Å². The molecule has 1 saturated heterocycles. The third-order valence-electron chi connectivity index (χ3n) is 3.06. The molecule has 0 bridgehead atoms. The molecular weight excluding hydrogens is 246 g/mol. The van der Waals surface area contributed by atoms with E-state index in [-0.39, 0.29) is 6.61 Å². The van der Waals surface area contributed by atoms with Crippen molar-refractivity contribution in [3.63, 3.8) is 0 Å². The van der Waals surface area contributed by atoms with Crippen molar-refractivity contribution in [3.05, 3.63) is 24.3 Å². The Morgan fingerprint density at radius 3 is 2.42 bits per heavy atom. The molecule has 1 N–H and O–H groups in total. The van der Waals surface area contributed by atoms with Crippen LogP contribution in [0.3, 0.4) is 0 Å². The van der Waals surface area contributed by atoms with Gasteiger partial charge in [-0.3, -0.25) is 0 Å². The SMILES string of the molecule is N#CCOc1ccc(N2CCN(C(=O)O)CC2)cc1. The van der Waals surface area contributed by atoms with Gasteiger partial charge in [0.15, 0.2) is 6.61 Å². The number of carboxylic acid groups (broad SMARTS) is 1. The Bertz CT molecular complexity index is 473. The molecule has 0 spiro atoms.